The zero-order valence-corrected chi connectivity index (χ0v) is 13.4. The van der Waals surface area contributed by atoms with E-state index in [4.69, 9.17) is 4.74 Å². The first-order valence-electron chi connectivity index (χ1n) is 6.93. The third-order valence-corrected chi connectivity index (χ3v) is 4.27. The van der Waals surface area contributed by atoms with Gasteiger partial charge in [0, 0.05) is 23.4 Å². The highest BCUT2D eigenvalue weighted by Crippen LogP contribution is 2.24. The van der Waals surface area contributed by atoms with Crippen molar-refractivity contribution in [3.05, 3.63) is 57.5 Å². The quantitative estimate of drug-likeness (QED) is 0.856. The molecule has 118 valence electrons. The lowest BCUT2D eigenvalue weighted by Crippen LogP contribution is -2.37. The van der Waals surface area contributed by atoms with Gasteiger partial charge >= 0.3 is 6.03 Å². The number of halogens is 1. The lowest BCUT2D eigenvalue weighted by Gasteiger charge is -2.15. The van der Waals surface area contributed by atoms with Gasteiger partial charge in [-0.1, -0.05) is 12.1 Å². The zero-order valence-electron chi connectivity index (χ0n) is 12.6. The molecule has 4 nitrogen and oxygen atoms in total. The van der Waals surface area contributed by atoms with Crippen molar-refractivity contribution in [3.63, 3.8) is 0 Å². The van der Waals surface area contributed by atoms with E-state index in [1.165, 1.54) is 17.0 Å². The predicted octanol–water partition coefficient (Wildman–Crippen LogP) is 3.38. The minimum Gasteiger partial charge on any atom is -0.374 e. The fraction of sp³-hybridized carbons (Fsp3) is 0.312. The van der Waals surface area contributed by atoms with Crippen LogP contribution in [0.3, 0.4) is 0 Å². The summed E-state index contributed by atoms with van der Waals surface area (Å²) in [5.74, 6) is -0.289. The third-order valence-electron chi connectivity index (χ3n) is 3.18. The van der Waals surface area contributed by atoms with E-state index in [0.29, 0.717) is 13.1 Å². The van der Waals surface area contributed by atoms with Crippen molar-refractivity contribution in [3.8, 4) is 0 Å². The molecule has 0 radical (unpaired) electrons. The van der Waals surface area contributed by atoms with Gasteiger partial charge in [0.05, 0.1) is 6.54 Å². The van der Waals surface area contributed by atoms with Gasteiger partial charge in [-0.25, -0.2) is 9.18 Å². The number of ether oxygens (including phenoxy) is 1. The van der Waals surface area contributed by atoms with Crippen molar-refractivity contribution in [2.45, 2.75) is 19.6 Å². The Labute approximate surface area is 133 Å². The van der Waals surface area contributed by atoms with Crippen LogP contribution in [0.4, 0.5) is 9.18 Å². The summed E-state index contributed by atoms with van der Waals surface area (Å²) in [6, 6.07) is 9.78. The predicted molar refractivity (Wildman–Crippen MR) is 85.4 cm³/mol. The maximum absolute atomic E-state index is 12.8. The van der Waals surface area contributed by atoms with Gasteiger partial charge in [-0.05, 0) is 36.8 Å². The highest BCUT2D eigenvalue weighted by Gasteiger charge is 2.13. The summed E-state index contributed by atoms with van der Waals surface area (Å²) in [6.07, 6.45) is -0.157. The molecule has 2 rings (SSSR count). The molecule has 0 unspecified atom stereocenters. The summed E-state index contributed by atoms with van der Waals surface area (Å²) < 4.78 is 18.2. The van der Waals surface area contributed by atoms with Crippen LogP contribution in [-0.2, 0) is 11.3 Å². The number of aryl methyl sites for hydroxylation is 1. The Bertz CT molecular complexity index is 613. The van der Waals surface area contributed by atoms with Gasteiger partial charge in [0.2, 0.25) is 0 Å². The Morgan fingerprint density at radius 2 is 1.95 bits per heavy atom. The van der Waals surface area contributed by atoms with Crippen molar-refractivity contribution in [2.75, 3.05) is 13.7 Å². The maximum atomic E-state index is 12.8. The molecule has 2 N–H and O–H groups in total. The summed E-state index contributed by atoms with van der Waals surface area (Å²) in [4.78, 5) is 14.1. The summed E-state index contributed by atoms with van der Waals surface area (Å²) in [5, 5.41) is 5.51. The van der Waals surface area contributed by atoms with Crippen LogP contribution >= 0.6 is 11.3 Å². The first-order valence-corrected chi connectivity index (χ1v) is 7.75. The molecule has 0 aliphatic rings. The van der Waals surface area contributed by atoms with Crippen molar-refractivity contribution in [1.29, 1.82) is 0 Å². The molecule has 1 aromatic carbocycles. The first-order chi connectivity index (χ1) is 10.6. The van der Waals surface area contributed by atoms with Crippen molar-refractivity contribution >= 4 is 17.4 Å². The molecular formula is C16H19FN2O2S. The SMILES string of the molecule is CO[C@H](CNC(=O)NCc1ccc(F)cc1)c1ccc(C)s1. The molecule has 0 fully saturated rings. The summed E-state index contributed by atoms with van der Waals surface area (Å²) in [7, 11) is 1.62. The summed E-state index contributed by atoms with van der Waals surface area (Å²) in [5.41, 5.74) is 0.841. The second kappa shape index (κ2) is 7.91. The molecule has 1 atom stereocenters. The molecule has 2 amide bonds. The minimum absolute atomic E-state index is 0.157. The fourth-order valence-corrected chi connectivity index (χ4v) is 2.91. The van der Waals surface area contributed by atoms with Crippen LogP contribution < -0.4 is 10.6 Å². The molecule has 0 spiro atoms. The number of carbonyl (C=O) groups excluding carboxylic acids is 1. The fourth-order valence-electron chi connectivity index (χ4n) is 1.96. The van der Waals surface area contributed by atoms with E-state index in [0.717, 1.165) is 10.4 Å². The van der Waals surface area contributed by atoms with Crippen LogP contribution in [0.25, 0.3) is 0 Å². The van der Waals surface area contributed by atoms with Gasteiger partial charge < -0.3 is 15.4 Å². The van der Waals surface area contributed by atoms with Crippen LogP contribution in [0.2, 0.25) is 0 Å². The number of rotatable bonds is 6. The molecule has 0 saturated carbocycles. The molecular weight excluding hydrogens is 303 g/mol. The molecule has 6 heteroatoms. The van der Waals surface area contributed by atoms with Gasteiger partial charge in [-0.2, -0.15) is 0 Å². The lowest BCUT2D eigenvalue weighted by atomic mass is 10.2. The minimum atomic E-state index is -0.289. The molecule has 0 bridgehead atoms. The van der Waals surface area contributed by atoms with Gasteiger partial charge in [0.15, 0.2) is 0 Å². The number of hydrogen-bond donors (Lipinski definition) is 2. The standard InChI is InChI=1S/C16H19FN2O2S/c1-11-3-8-15(22-11)14(21-2)10-19-16(20)18-9-12-4-6-13(17)7-5-12/h3-8,14H,9-10H2,1-2H3,(H2,18,19,20)/t14-/m1/s1. The highest BCUT2D eigenvalue weighted by molar-refractivity contribution is 7.12. The molecule has 22 heavy (non-hydrogen) atoms. The van der Waals surface area contributed by atoms with Crippen LogP contribution in [0.5, 0.6) is 0 Å². The average molecular weight is 322 g/mol. The van der Waals surface area contributed by atoms with E-state index in [1.54, 1.807) is 30.6 Å². The van der Waals surface area contributed by atoms with Crippen molar-refractivity contribution in [2.24, 2.45) is 0 Å². The second-order valence-electron chi connectivity index (χ2n) is 4.86. The molecule has 1 heterocycles. The molecule has 2 aromatic rings. The lowest BCUT2D eigenvalue weighted by molar-refractivity contribution is 0.107. The van der Waals surface area contributed by atoms with Gasteiger partial charge in [-0.15, -0.1) is 11.3 Å². The van der Waals surface area contributed by atoms with E-state index >= 15 is 0 Å². The number of methoxy groups -OCH3 is 1. The number of hydrogen-bond acceptors (Lipinski definition) is 3. The van der Waals surface area contributed by atoms with E-state index in [2.05, 4.69) is 10.6 Å². The number of nitrogens with one attached hydrogen (secondary N) is 2. The summed E-state index contributed by atoms with van der Waals surface area (Å²) in [6.45, 7) is 2.78. The Morgan fingerprint density at radius 1 is 1.23 bits per heavy atom. The van der Waals surface area contributed by atoms with E-state index in [-0.39, 0.29) is 18.0 Å². The maximum Gasteiger partial charge on any atom is 0.315 e. The molecule has 0 aliphatic heterocycles. The third kappa shape index (κ3) is 4.82. The van der Waals surface area contributed by atoms with E-state index in [1.807, 2.05) is 19.1 Å². The Kier molecular flexibility index (Phi) is 5.91. The second-order valence-corrected chi connectivity index (χ2v) is 6.18. The molecule has 0 saturated heterocycles. The highest BCUT2D eigenvalue weighted by atomic mass is 32.1. The average Bonchev–Trinajstić information content (AvgIpc) is 2.94. The summed E-state index contributed by atoms with van der Waals surface area (Å²) >= 11 is 1.65. The topological polar surface area (TPSA) is 50.4 Å². The Hall–Kier alpha value is -1.92. The monoisotopic (exact) mass is 322 g/mol. The number of thiophene rings is 1. The molecule has 1 aromatic heterocycles. The number of amides is 2. The first kappa shape index (κ1) is 16.5. The Balaban J connectivity index is 1.78. The van der Waals surface area contributed by atoms with Gasteiger partial charge in [0.1, 0.15) is 11.9 Å². The number of benzene rings is 1. The van der Waals surface area contributed by atoms with Crippen LogP contribution in [0, 0.1) is 12.7 Å². The van der Waals surface area contributed by atoms with Crippen molar-refractivity contribution in [1.82, 2.24) is 10.6 Å². The van der Waals surface area contributed by atoms with Crippen LogP contribution in [0.15, 0.2) is 36.4 Å². The smallest absolute Gasteiger partial charge is 0.315 e. The van der Waals surface area contributed by atoms with Gasteiger partial charge in [-0.3, -0.25) is 0 Å². The zero-order chi connectivity index (χ0) is 15.9. The number of urea groups is 1. The van der Waals surface area contributed by atoms with E-state index < -0.39 is 0 Å². The molecule has 0 aliphatic carbocycles. The van der Waals surface area contributed by atoms with Crippen LogP contribution in [0.1, 0.15) is 21.4 Å². The Morgan fingerprint density at radius 3 is 2.55 bits per heavy atom. The van der Waals surface area contributed by atoms with Crippen LogP contribution in [-0.4, -0.2) is 19.7 Å². The van der Waals surface area contributed by atoms with Crippen molar-refractivity contribution < 1.29 is 13.9 Å². The van der Waals surface area contributed by atoms with Gasteiger partial charge in [0.25, 0.3) is 0 Å². The number of carbonyl (C=O) groups is 1. The normalized spacial score (nSPS) is 12.0. The largest absolute Gasteiger partial charge is 0.374 e. The van der Waals surface area contributed by atoms with E-state index in [9.17, 15) is 9.18 Å².